The van der Waals surface area contributed by atoms with Gasteiger partial charge in [-0.2, -0.15) is 0 Å². The maximum Gasteiger partial charge on any atom is 0.118 e. The number of aryl methyl sites for hydroxylation is 2. The molecule has 0 bridgehead atoms. The summed E-state index contributed by atoms with van der Waals surface area (Å²) in [6.45, 7) is 6.61. The van der Waals surface area contributed by atoms with Gasteiger partial charge >= 0.3 is 0 Å². The molecule has 0 atom stereocenters. The highest BCUT2D eigenvalue weighted by molar-refractivity contribution is 5.32. The molecule has 0 aliphatic rings. The predicted molar refractivity (Wildman–Crippen MR) is 74.9 cm³/mol. The van der Waals surface area contributed by atoms with E-state index in [1.807, 2.05) is 18.2 Å². The first kappa shape index (κ1) is 12.7. The minimum atomic E-state index is 0.109. The van der Waals surface area contributed by atoms with Gasteiger partial charge in [-0.05, 0) is 57.4 Å². The lowest BCUT2D eigenvalue weighted by molar-refractivity contribution is 0.385. The highest BCUT2D eigenvalue weighted by Crippen LogP contribution is 2.21. The molecule has 1 N–H and O–H groups in total. The van der Waals surface area contributed by atoms with Gasteiger partial charge in [0.15, 0.2) is 0 Å². The van der Waals surface area contributed by atoms with E-state index < -0.39 is 0 Å². The Morgan fingerprint density at radius 3 is 2.39 bits per heavy atom. The zero-order chi connectivity index (χ0) is 13.2. The topological polar surface area (TPSA) is 25.2 Å². The molecule has 2 heteroatoms. The Morgan fingerprint density at radius 1 is 1.00 bits per heavy atom. The lowest BCUT2D eigenvalue weighted by Crippen LogP contribution is -2.23. The van der Waals surface area contributed by atoms with Gasteiger partial charge in [0.1, 0.15) is 5.75 Å². The molecular weight excluding hydrogens is 222 g/mol. The number of aromatic hydroxyl groups is 1. The van der Waals surface area contributed by atoms with Crippen LogP contribution in [0.2, 0.25) is 0 Å². The molecule has 1 heterocycles. The van der Waals surface area contributed by atoms with E-state index in [4.69, 9.17) is 0 Å². The van der Waals surface area contributed by atoms with E-state index in [0.29, 0.717) is 5.75 Å². The van der Waals surface area contributed by atoms with Crippen molar-refractivity contribution in [3.8, 4) is 5.75 Å². The van der Waals surface area contributed by atoms with E-state index in [0.717, 1.165) is 18.4 Å². The van der Waals surface area contributed by atoms with Gasteiger partial charge < -0.3 is 9.67 Å². The zero-order valence-electron chi connectivity index (χ0n) is 11.4. The van der Waals surface area contributed by atoms with E-state index >= 15 is 0 Å². The van der Waals surface area contributed by atoms with Crippen LogP contribution in [0.25, 0.3) is 0 Å². The fourth-order valence-corrected chi connectivity index (χ4v) is 2.26. The molecule has 2 nitrogen and oxygen atoms in total. The molecule has 1 aromatic heterocycles. The quantitative estimate of drug-likeness (QED) is 0.873. The van der Waals surface area contributed by atoms with Crippen molar-refractivity contribution in [2.45, 2.75) is 39.2 Å². The Bertz CT molecular complexity index is 520. The summed E-state index contributed by atoms with van der Waals surface area (Å²) in [5.41, 5.74) is 2.43. The molecule has 0 amide bonds. The normalized spacial score (nSPS) is 11.7. The first-order valence-electron chi connectivity index (χ1n) is 6.42. The number of phenolic OH excluding ortho intramolecular Hbond substituents is 1. The Labute approximate surface area is 109 Å². The molecule has 0 saturated heterocycles. The van der Waals surface area contributed by atoms with E-state index in [-0.39, 0.29) is 5.54 Å². The van der Waals surface area contributed by atoms with E-state index in [1.54, 1.807) is 6.07 Å². The van der Waals surface area contributed by atoms with Crippen LogP contribution in [0.1, 0.15) is 32.0 Å². The van der Waals surface area contributed by atoms with Gasteiger partial charge in [-0.15, -0.1) is 0 Å². The summed E-state index contributed by atoms with van der Waals surface area (Å²) in [7, 11) is 0. The second-order valence-electron chi connectivity index (χ2n) is 5.67. The number of benzene rings is 1. The average Bonchev–Trinajstić information content (AvgIpc) is 2.76. The Balaban J connectivity index is 2.12. The third kappa shape index (κ3) is 2.76. The average molecular weight is 243 g/mol. The molecular formula is C16H21NO. The summed E-state index contributed by atoms with van der Waals surface area (Å²) in [4.78, 5) is 0. The smallest absolute Gasteiger partial charge is 0.118 e. The highest BCUT2D eigenvalue weighted by atomic mass is 16.3. The molecule has 0 aliphatic carbocycles. The van der Waals surface area contributed by atoms with Gasteiger partial charge in [0.05, 0.1) is 0 Å². The fraction of sp³-hybridized carbons (Fsp3) is 0.375. The van der Waals surface area contributed by atoms with Crippen molar-refractivity contribution in [1.29, 1.82) is 0 Å². The van der Waals surface area contributed by atoms with Gasteiger partial charge in [-0.3, -0.25) is 0 Å². The standard InChI is InChI=1S/C16H21NO/c1-16(2,3)17-12-6-8-14(17)11-10-13-7-4-5-9-15(13)18/h4-9,12,18H,10-11H2,1-3H3. The van der Waals surface area contributed by atoms with E-state index in [2.05, 4.69) is 43.7 Å². The zero-order valence-corrected chi connectivity index (χ0v) is 11.4. The number of para-hydroxylation sites is 1. The molecule has 0 spiro atoms. The molecule has 0 fully saturated rings. The molecule has 18 heavy (non-hydrogen) atoms. The molecule has 96 valence electrons. The summed E-state index contributed by atoms with van der Waals surface area (Å²) in [5.74, 6) is 0.395. The van der Waals surface area contributed by atoms with Gasteiger partial charge in [-0.1, -0.05) is 18.2 Å². The second-order valence-corrected chi connectivity index (χ2v) is 5.67. The minimum Gasteiger partial charge on any atom is -0.508 e. The number of rotatable bonds is 3. The third-order valence-electron chi connectivity index (χ3n) is 3.20. The largest absolute Gasteiger partial charge is 0.508 e. The van der Waals surface area contributed by atoms with E-state index in [9.17, 15) is 5.11 Å². The summed E-state index contributed by atoms with van der Waals surface area (Å²) in [6.07, 6.45) is 3.94. The van der Waals surface area contributed by atoms with Crippen molar-refractivity contribution in [3.05, 3.63) is 53.9 Å². The number of aromatic nitrogens is 1. The molecule has 0 unspecified atom stereocenters. The van der Waals surface area contributed by atoms with Crippen molar-refractivity contribution in [2.24, 2.45) is 0 Å². The van der Waals surface area contributed by atoms with Crippen molar-refractivity contribution in [3.63, 3.8) is 0 Å². The van der Waals surface area contributed by atoms with Crippen LogP contribution >= 0.6 is 0 Å². The number of hydrogen-bond donors (Lipinski definition) is 1. The molecule has 0 aliphatic heterocycles. The maximum absolute atomic E-state index is 9.76. The van der Waals surface area contributed by atoms with Crippen LogP contribution in [0.5, 0.6) is 5.75 Å². The van der Waals surface area contributed by atoms with Crippen LogP contribution in [0.3, 0.4) is 0 Å². The van der Waals surface area contributed by atoms with Crippen LogP contribution < -0.4 is 0 Å². The van der Waals surface area contributed by atoms with Crippen molar-refractivity contribution in [2.75, 3.05) is 0 Å². The summed E-state index contributed by atoms with van der Waals surface area (Å²) < 4.78 is 2.30. The molecule has 1 aromatic carbocycles. The first-order valence-corrected chi connectivity index (χ1v) is 6.42. The van der Waals surface area contributed by atoms with Crippen molar-refractivity contribution in [1.82, 2.24) is 4.57 Å². The fourth-order valence-electron chi connectivity index (χ4n) is 2.26. The van der Waals surface area contributed by atoms with Crippen LogP contribution in [0.15, 0.2) is 42.6 Å². The summed E-state index contributed by atoms with van der Waals surface area (Å²) >= 11 is 0. The highest BCUT2D eigenvalue weighted by Gasteiger charge is 2.15. The van der Waals surface area contributed by atoms with Gasteiger partial charge in [0, 0.05) is 17.4 Å². The van der Waals surface area contributed by atoms with Crippen molar-refractivity contribution < 1.29 is 5.11 Å². The number of phenols is 1. The third-order valence-corrected chi connectivity index (χ3v) is 3.20. The summed E-state index contributed by atoms with van der Waals surface area (Å²) in [5, 5.41) is 9.76. The Morgan fingerprint density at radius 2 is 1.72 bits per heavy atom. The molecule has 0 saturated carbocycles. The second kappa shape index (κ2) is 4.89. The number of nitrogens with zero attached hydrogens (tertiary/aromatic N) is 1. The van der Waals surface area contributed by atoms with E-state index in [1.165, 1.54) is 5.69 Å². The Kier molecular flexibility index (Phi) is 3.46. The van der Waals surface area contributed by atoms with Gasteiger partial charge in [0.25, 0.3) is 0 Å². The van der Waals surface area contributed by atoms with Gasteiger partial charge in [-0.25, -0.2) is 0 Å². The Hall–Kier alpha value is -1.70. The van der Waals surface area contributed by atoms with Gasteiger partial charge in [0.2, 0.25) is 0 Å². The SMILES string of the molecule is CC(C)(C)n1cccc1CCc1ccccc1O. The molecule has 0 radical (unpaired) electrons. The summed E-state index contributed by atoms with van der Waals surface area (Å²) in [6, 6.07) is 11.8. The first-order chi connectivity index (χ1) is 8.48. The van der Waals surface area contributed by atoms with Crippen LogP contribution in [-0.4, -0.2) is 9.67 Å². The lowest BCUT2D eigenvalue weighted by Gasteiger charge is -2.24. The monoisotopic (exact) mass is 243 g/mol. The lowest BCUT2D eigenvalue weighted by atomic mass is 10.0. The minimum absolute atomic E-state index is 0.109. The van der Waals surface area contributed by atoms with Crippen LogP contribution in [0.4, 0.5) is 0 Å². The van der Waals surface area contributed by atoms with Crippen molar-refractivity contribution >= 4 is 0 Å². The maximum atomic E-state index is 9.76. The van der Waals surface area contributed by atoms with Crippen LogP contribution in [0, 0.1) is 0 Å². The molecule has 2 aromatic rings. The van der Waals surface area contributed by atoms with Crippen LogP contribution in [-0.2, 0) is 18.4 Å². The number of hydrogen-bond acceptors (Lipinski definition) is 1. The molecule has 2 rings (SSSR count). The predicted octanol–water partition coefficient (Wildman–Crippen LogP) is 3.73.